The van der Waals surface area contributed by atoms with E-state index in [2.05, 4.69) is 16.0 Å². The minimum atomic E-state index is -1.16. The number of carboxylic acids is 1. The summed E-state index contributed by atoms with van der Waals surface area (Å²) in [4.78, 5) is 140. The molecule has 0 saturated carbocycles. The highest BCUT2D eigenvalue weighted by Gasteiger charge is 2.39. The molecule has 6 N–H and O–H groups in total. The molecule has 0 radical (unpaired) electrons. The lowest BCUT2D eigenvalue weighted by molar-refractivity contribution is -0.139. The highest BCUT2D eigenvalue weighted by Crippen LogP contribution is 2.36. The first kappa shape index (κ1) is 85.4. The number of carbonyl (C=O) groups excluding carboxylic acids is 9. The molecule has 0 spiro atoms. The first-order chi connectivity index (χ1) is 58.1. The zero-order valence-corrected chi connectivity index (χ0v) is 65.9. The lowest BCUT2D eigenvalue weighted by atomic mass is 9.90. The van der Waals surface area contributed by atoms with Crippen LogP contribution in [0.4, 0.5) is 13.2 Å². The monoisotopic (exact) mass is 1610 g/mol. The number of rotatable bonds is 17. The Morgan fingerprint density at radius 2 is 0.857 bits per heavy atom. The highest BCUT2D eigenvalue weighted by molar-refractivity contribution is 6.00. The average molecular weight is 1610 g/mol. The summed E-state index contributed by atoms with van der Waals surface area (Å²) >= 11 is 0. The van der Waals surface area contributed by atoms with Crippen molar-refractivity contribution in [3.8, 4) is 23.0 Å². The van der Waals surface area contributed by atoms with Gasteiger partial charge in [0.25, 0.3) is 5.91 Å². The van der Waals surface area contributed by atoms with Crippen molar-refractivity contribution in [1.82, 2.24) is 25.8 Å². The van der Waals surface area contributed by atoms with Crippen LogP contribution in [0.2, 0.25) is 0 Å². The lowest BCUT2D eigenvalue weighted by Crippen LogP contribution is -2.48. The standard InChI is InChI=1S/C48H46FN3O6.C41H42FN3O5.C7H6O2.CH3F/c49-40-18-8-7-12-34(40)22-25-44(53)41-28-32-20-23-38(24-21-32)58-39-17-9-11-33(27-39)29-42(51-47(56)36-15-5-2-6-16-36)45(54)30-37(48(57)50-41)31-46(55)52-26-10-19-43(52)35-13-3-1-4-14-35;42-34-13-5-4-9-29(34)17-20-38(46)36-24-27-15-18-32(19-16-27)50-33-12-6-8-28(22-33)23-35(43)39(47)25-31(41(49)44-36)26-40(48)45-21-7-14-37(45)30-10-2-1-3-11-30;8-7(9)6-4-2-1-3-5-6;1-2/h1-9,11-18,20-21,23-24,27,37,41-43H,10,19,22,25-26,28-31H2,(H,50,57)(H,51,56);1-6,8-13,15-16,18-19,22,31,35-37H,7,14,17,20-21,23-26,43H2,(H,44,49);1-5H,(H,8,9);1H3/t37?,41?,42?,43-;31?,35?,36?,37-;;/m11../s1/i;;;1D. The van der Waals surface area contributed by atoms with E-state index in [9.17, 15) is 61.1 Å². The molecule has 16 rings (SSSR count). The number of hydrogen-bond donors (Lipinski definition) is 5. The number of likely N-dealkylation sites (tertiary alicyclic amines) is 2. The minimum Gasteiger partial charge on any atom is -0.478 e. The molecule has 6 unspecified atom stereocenters. The van der Waals surface area contributed by atoms with Gasteiger partial charge in [-0.05, 0) is 194 Å². The minimum absolute atomic E-state index is 0.0113. The molecular formula is C97H97F3N6O13. The van der Waals surface area contributed by atoms with Crippen LogP contribution in [0.5, 0.6) is 23.0 Å². The number of alkyl halides is 1. The number of nitrogens with zero attached hydrogens (tertiary/aromatic N) is 2. The van der Waals surface area contributed by atoms with Gasteiger partial charge in [-0.1, -0.05) is 182 Å². The van der Waals surface area contributed by atoms with E-state index in [-0.39, 0.29) is 118 Å². The van der Waals surface area contributed by atoms with Crippen LogP contribution in [-0.4, -0.2) is 118 Å². The highest BCUT2D eigenvalue weighted by atomic mass is 19.1. The van der Waals surface area contributed by atoms with Crippen LogP contribution in [0.3, 0.4) is 0 Å². The summed E-state index contributed by atoms with van der Waals surface area (Å²) < 4.78 is 56.7. The Labute approximate surface area is 691 Å². The van der Waals surface area contributed by atoms with Crippen molar-refractivity contribution in [3.05, 3.63) is 334 Å². The largest absolute Gasteiger partial charge is 0.478 e. The number of nitrogens with one attached hydrogen (secondary N) is 3. The second-order valence-electron chi connectivity index (χ2n) is 30.0. The number of halogens is 3. The maximum absolute atomic E-state index is 14.6. The fourth-order valence-electron chi connectivity index (χ4n) is 15.3. The Morgan fingerprint density at radius 1 is 0.462 bits per heavy atom. The van der Waals surface area contributed by atoms with E-state index < -0.39 is 84.3 Å². The second kappa shape index (κ2) is 43.3. The zero-order valence-electron chi connectivity index (χ0n) is 66.9. The predicted molar refractivity (Wildman–Crippen MR) is 446 cm³/mol. The van der Waals surface area contributed by atoms with E-state index in [1.807, 2.05) is 115 Å². The molecule has 6 aliphatic rings. The van der Waals surface area contributed by atoms with Gasteiger partial charge < -0.3 is 46.1 Å². The summed E-state index contributed by atoms with van der Waals surface area (Å²) in [5.74, 6) is -5.25. The molecule has 10 aromatic rings. The molecule has 6 heterocycles. The van der Waals surface area contributed by atoms with Gasteiger partial charge in [0.2, 0.25) is 23.6 Å². The molecule has 5 amide bonds. The molecule has 8 atom stereocenters. The fraction of sp³-hybridized carbons (Fsp3) is 0.278. The van der Waals surface area contributed by atoms with Crippen molar-refractivity contribution in [2.45, 2.75) is 139 Å². The SMILES string of the molecule is NC1Cc2cccc(c2)Oc2ccc(cc2)CC(C(=O)CCc2ccccc2F)NC(=O)C(CC(=O)N2CCC[C@@H]2c2ccccc2)CC1=O.O=C(NC1Cc2cccc(c2)Oc2ccc(cc2)CC(C(=O)CCc2ccccc2F)NC(=O)C(CC(=O)N2CCC[C@@H]2c2ccccc2)CC1=O)c1ccccc1.O=C(O)c1ccccc1.[2H]CF. The number of aryl methyl sites for hydroxylation is 2. The smallest absolute Gasteiger partial charge is 0.335 e. The van der Waals surface area contributed by atoms with E-state index in [0.29, 0.717) is 63.9 Å². The quantitative estimate of drug-likeness (QED) is 0.0567. The van der Waals surface area contributed by atoms with E-state index in [1.54, 1.807) is 149 Å². The van der Waals surface area contributed by atoms with Crippen LogP contribution in [0, 0.1) is 23.5 Å². The third-order valence-electron chi connectivity index (χ3n) is 21.7. The number of Topliss-reactive ketones (excluding diaryl/α,β-unsaturated/α-hetero) is 4. The van der Waals surface area contributed by atoms with Gasteiger partial charge in [-0.15, -0.1) is 0 Å². The van der Waals surface area contributed by atoms with Crippen LogP contribution in [0.1, 0.15) is 143 Å². The fourth-order valence-corrected chi connectivity index (χ4v) is 15.3. The number of fused-ring (bicyclic) bond motifs is 20. The van der Waals surface area contributed by atoms with Gasteiger partial charge in [0.05, 0.1) is 62.2 Å². The summed E-state index contributed by atoms with van der Waals surface area (Å²) in [5.41, 5.74) is 12.9. The van der Waals surface area contributed by atoms with Crippen molar-refractivity contribution in [2.24, 2.45) is 17.6 Å². The summed E-state index contributed by atoms with van der Waals surface area (Å²) in [7, 11) is -1.00. The molecule has 19 nitrogen and oxygen atoms in total. The van der Waals surface area contributed by atoms with Gasteiger partial charge in [-0.2, -0.15) is 0 Å². The van der Waals surface area contributed by atoms with Crippen LogP contribution in [0.25, 0.3) is 0 Å². The molecule has 10 aromatic carbocycles. The Hall–Kier alpha value is -13.0. The topological polar surface area (TPSA) is 278 Å². The molecule has 119 heavy (non-hydrogen) atoms. The number of ketones is 4. The van der Waals surface area contributed by atoms with Crippen molar-refractivity contribution in [1.29, 1.82) is 0 Å². The number of benzene rings is 10. The zero-order chi connectivity index (χ0) is 84.9. The normalized spacial score (nSPS) is 19.4. The number of carbonyl (C=O) groups is 10. The van der Waals surface area contributed by atoms with Crippen molar-refractivity contribution in [3.63, 3.8) is 0 Å². The van der Waals surface area contributed by atoms with Crippen molar-refractivity contribution >= 4 is 58.6 Å². The third kappa shape index (κ3) is 25.0. The molecule has 2 fully saturated rings. The van der Waals surface area contributed by atoms with Gasteiger partial charge in [0, 0.05) is 57.2 Å². The van der Waals surface area contributed by atoms with Gasteiger partial charge >= 0.3 is 5.97 Å². The Bertz CT molecular complexity index is 5150. The molecule has 22 heteroatoms. The maximum Gasteiger partial charge on any atom is 0.335 e. The van der Waals surface area contributed by atoms with E-state index in [4.69, 9.17) is 21.7 Å². The second-order valence-corrected chi connectivity index (χ2v) is 30.0. The molecular weight excluding hydrogens is 1510 g/mol. The number of carboxylic acid groups (broad SMARTS) is 1. The molecule has 0 aromatic heterocycles. The van der Waals surface area contributed by atoms with Crippen LogP contribution >= 0.6 is 0 Å². The molecule has 8 bridgehead atoms. The number of nitrogens with two attached hydrogens (primary N) is 1. The lowest BCUT2D eigenvalue weighted by Gasteiger charge is -2.28. The number of amides is 5. The van der Waals surface area contributed by atoms with E-state index in [1.165, 1.54) is 12.1 Å². The molecule has 6 aliphatic heterocycles. The predicted octanol–water partition coefficient (Wildman–Crippen LogP) is 15.6. The van der Waals surface area contributed by atoms with Gasteiger partial charge in [0.15, 0.2) is 23.1 Å². The third-order valence-corrected chi connectivity index (χ3v) is 21.7. The average Bonchev–Trinajstić information content (AvgIpc) is 1.54. The summed E-state index contributed by atoms with van der Waals surface area (Å²) in [6, 6.07) is 73.6. The Morgan fingerprint density at radius 3 is 1.28 bits per heavy atom. The number of ether oxygens (including phenoxy) is 2. The van der Waals surface area contributed by atoms with Gasteiger partial charge in [-0.25, -0.2) is 13.6 Å². The molecule has 2 saturated heterocycles. The van der Waals surface area contributed by atoms with Crippen LogP contribution in [0.15, 0.2) is 267 Å². The molecule has 0 aliphatic carbocycles. The van der Waals surface area contributed by atoms with Crippen LogP contribution in [-0.2, 0) is 76.9 Å². The van der Waals surface area contributed by atoms with Gasteiger partial charge in [0.1, 0.15) is 34.6 Å². The van der Waals surface area contributed by atoms with E-state index in [0.717, 1.165) is 53.5 Å². The molecule has 614 valence electrons. The maximum atomic E-state index is 14.6. The van der Waals surface area contributed by atoms with Crippen molar-refractivity contribution < 1.29 is 77.1 Å². The number of aromatic carboxylic acids is 1. The van der Waals surface area contributed by atoms with E-state index >= 15 is 0 Å². The summed E-state index contributed by atoms with van der Waals surface area (Å²) in [6.07, 6.45) is 2.87. The Kier molecular flexibility index (Phi) is 31.1. The number of hydrogen-bond acceptors (Lipinski definition) is 13. The first-order valence-electron chi connectivity index (χ1n) is 40.7. The van der Waals surface area contributed by atoms with Crippen LogP contribution < -0.4 is 31.2 Å². The summed E-state index contributed by atoms with van der Waals surface area (Å²) in [5, 5.41) is 17.1. The Balaban J connectivity index is 0.000000208. The first-order valence-corrected chi connectivity index (χ1v) is 40.0. The summed E-state index contributed by atoms with van der Waals surface area (Å²) in [6.45, 7) is 1.05. The van der Waals surface area contributed by atoms with Crippen molar-refractivity contribution in [2.75, 3.05) is 20.2 Å². The van der Waals surface area contributed by atoms with Gasteiger partial charge in [-0.3, -0.25) is 47.5 Å².